The number of ketones is 1. The minimum atomic E-state index is -1.15. The van der Waals surface area contributed by atoms with Crippen LogP contribution in [0.1, 0.15) is 23.2 Å². The number of carbonyl (C=O) groups excluding carboxylic acids is 2. The summed E-state index contributed by atoms with van der Waals surface area (Å²) in [7, 11) is 1.37. The molecular formula is C15H16O5S. The van der Waals surface area contributed by atoms with Crippen molar-refractivity contribution in [1.82, 2.24) is 0 Å². The number of allylic oxidation sites excluding steroid dienone is 1. The lowest BCUT2D eigenvalue weighted by Crippen LogP contribution is -2.00. The number of carboxylic acids is 1. The summed E-state index contributed by atoms with van der Waals surface area (Å²) in [5.74, 6) is -0.941. The van der Waals surface area contributed by atoms with Crippen LogP contribution in [-0.2, 0) is 14.3 Å². The Morgan fingerprint density at radius 1 is 1.19 bits per heavy atom. The number of esters is 1. The van der Waals surface area contributed by atoms with Gasteiger partial charge in [-0.25, -0.2) is 4.79 Å². The number of thioether (sulfide) groups is 1. The Labute approximate surface area is 127 Å². The predicted octanol–water partition coefficient (Wildman–Crippen LogP) is 2.56. The normalized spacial score (nSPS) is 10.5. The first kappa shape index (κ1) is 17.0. The highest BCUT2D eigenvalue weighted by Gasteiger charge is 2.04. The number of ether oxygens (including phenoxy) is 1. The average Bonchev–Trinajstić information content (AvgIpc) is 2.49. The number of rotatable bonds is 8. The van der Waals surface area contributed by atoms with Crippen molar-refractivity contribution >= 4 is 29.5 Å². The number of aliphatic carboxylic acids is 1. The molecule has 1 rings (SSSR count). The van der Waals surface area contributed by atoms with E-state index < -0.39 is 5.97 Å². The van der Waals surface area contributed by atoms with E-state index >= 15 is 0 Å². The molecule has 0 heterocycles. The molecule has 0 saturated carbocycles. The molecule has 0 amide bonds. The Kier molecular flexibility index (Phi) is 7.25. The lowest BCUT2D eigenvalue weighted by Gasteiger charge is -2.02. The van der Waals surface area contributed by atoms with Crippen LogP contribution in [0.15, 0.2) is 41.3 Å². The van der Waals surface area contributed by atoms with Gasteiger partial charge in [-0.05, 0) is 42.5 Å². The minimum Gasteiger partial charge on any atom is -0.478 e. The number of carboxylic acid groups (broad SMARTS) is 1. The molecule has 0 bridgehead atoms. The fourth-order valence-corrected chi connectivity index (χ4v) is 2.32. The summed E-state index contributed by atoms with van der Waals surface area (Å²) in [6.45, 7) is 0. The third-order valence-electron chi connectivity index (χ3n) is 2.54. The standard InChI is InChI=1S/C15H16O5S/c1-20-15(19)3-2-10-21-12-6-4-11(5-7-12)13(16)8-9-14(17)18/h4-9H,2-3,10H2,1H3,(H,17,18)/b9-8+. The van der Waals surface area contributed by atoms with Gasteiger partial charge in [-0.2, -0.15) is 0 Å². The van der Waals surface area contributed by atoms with Crippen molar-refractivity contribution in [1.29, 1.82) is 0 Å². The van der Waals surface area contributed by atoms with Gasteiger partial charge in [0.1, 0.15) is 0 Å². The molecule has 0 saturated heterocycles. The van der Waals surface area contributed by atoms with Crippen molar-refractivity contribution in [2.24, 2.45) is 0 Å². The van der Waals surface area contributed by atoms with Gasteiger partial charge in [-0.1, -0.05) is 0 Å². The summed E-state index contributed by atoms with van der Waals surface area (Å²) in [6.07, 6.45) is 2.96. The van der Waals surface area contributed by atoms with E-state index in [-0.39, 0.29) is 11.8 Å². The van der Waals surface area contributed by atoms with Crippen molar-refractivity contribution < 1.29 is 24.2 Å². The van der Waals surface area contributed by atoms with Gasteiger partial charge in [0.15, 0.2) is 5.78 Å². The Balaban J connectivity index is 2.45. The van der Waals surface area contributed by atoms with Crippen molar-refractivity contribution in [3.63, 3.8) is 0 Å². The minimum absolute atomic E-state index is 0.221. The molecule has 21 heavy (non-hydrogen) atoms. The molecular weight excluding hydrogens is 292 g/mol. The van der Waals surface area contributed by atoms with Crippen LogP contribution in [0.4, 0.5) is 0 Å². The van der Waals surface area contributed by atoms with Gasteiger partial charge in [0, 0.05) is 23.0 Å². The van der Waals surface area contributed by atoms with E-state index in [2.05, 4.69) is 4.74 Å². The number of hydrogen-bond acceptors (Lipinski definition) is 5. The molecule has 1 aromatic rings. The second-order valence-electron chi connectivity index (χ2n) is 4.09. The molecule has 112 valence electrons. The molecule has 0 aliphatic carbocycles. The molecule has 1 aromatic carbocycles. The van der Waals surface area contributed by atoms with Crippen molar-refractivity contribution in [3.05, 3.63) is 42.0 Å². The lowest BCUT2D eigenvalue weighted by atomic mass is 10.1. The molecule has 0 aliphatic heterocycles. The summed E-state index contributed by atoms with van der Waals surface area (Å²) in [4.78, 5) is 33.9. The topological polar surface area (TPSA) is 80.7 Å². The molecule has 0 aliphatic rings. The third-order valence-corrected chi connectivity index (χ3v) is 3.64. The quantitative estimate of drug-likeness (QED) is 0.261. The Morgan fingerprint density at radius 2 is 1.86 bits per heavy atom. The molecule has 0 atom stereocenters. The zero-order valence-electron chi connectivity index (χ0n) is 11.6. The Hall–Kier alpha value is -2.08. The molecule has 1 N–H and O–H groups in total. The van der Waals surface area contributed by atoms with Crippen LogP contribution in [0.5, 0.6) is 0 Å². The lowest BCUT2D eigenvalue weighted by molar-refractivity contribution is -0.140. The van der Waals surface area contributed by atoms with E-state index in [0.717, 1.165) is 29.2 Å². The van der Waals surface area contributed by atoms with Crippen molar-refractivity contribution in [2.75, 3.05) is 12.9 Å². The van der Waals surface area contributed by atoms with Gasteiger partial charge in [-0.15, -0.1) is 11.8 Å². The first-order chi connectivity index (χ1) is 10.0. The van der Waals surface area contributed by atoms with E-state index in [1.54, 1.807) is 36.0 Å². The van der Waals surface area contributed by atoms with E-state index in [1.807, 2.05) is 0 Å². The second kappa shape index (κ2) is 8.97. The van der Waals surface area contributed by atoms with Crippen LogP contribution in [-0.4, -0.2) is 35.7 Å². The van der Waals surface area contributed by atoms with Crippen LogP contribution in [0.3, 0.4) is 0 Å². The molecule has 0 fully saturated rings. The number of hydrogen-bond donors (Lipinski definition) is 1. The van der Waals surface area contributed by atoms with Gasteiger partial charge in [-0.3, -0.25) is 9.59 Å². The smallest absolute Gasteiger partial charge is 0.328 e. The third kappa shape index (κ3) is 6.76. The highest BCUT2D eigenvalue weighted by atomic mass is 32.2. The molecule has 0 spiro atoms. The molecule has 0 unspecified atom stereocenters. The maximum atomic E-state index is 11.6. The summed E-state index contributed by atoms with van der Waals surface area (Å²) in [6, 6.07) is 6.89. The molecule has 6 heteroatoms. The van der Waals surface area contributed by atoms with E-state index in [1.165, 1.54) is 7.11 Å². The highest BCUT2D eigenvalue weighted by molar-refractivity contribution is 7.99. The average molecular weight is 308 g/mol. The highest BCUT2D eigenvalue weighted by Crippen LogP contribution is 2.20. The van der Waals surface area contributed by atoms with Crippen LogP contribution < -0.4 is 0 Å². The van der Waals surface area contributed by atoms with Crippen molar-refractivity contribution in [3.8, 4) is 0 Å². The maximum Gasteiger partial charge on any atom is 0.328 e. The summed E-state index contributed by atoms with van der Waals surface area (Å²) >= 11 is 1.58. The van der Waals surface area contributed by atoms with Crippen LogP contribution in [0, 0.1) is 0 Å². The van der Waals surface area contributed by atoms with Crippen LogP contribution in [0.2, 0.25) is 0 Å². The Bertz CT molecular complexity index is 533. The predicted molar refractivity (Wildman–Crippen MR) is 79.5 cm³/mol. The number of benzene rings is 1. The zero-order chi connectivity index (χ0) is 15.7. The van der Waals surface area contributed by atoms with E-state index in [9.17, 15) is 14.4 Å². The fraction of sp³-hybridized carbons (Fsp3) is 0.267. The first-order valence-corrected chi connectivity index (χ1v) is 7.26. The maximum absolute atomic E-state index is 11.6. The summed E-state index contributed by atoms with van der Waals surface area (Å²) in [5.41, 5.74) is 0.436. The second-order valence-corrected chi connectivity index (χ2v) is 5.26. The molecule has 0 radical (unpaired) electrons. The largest absolute Gasteiger partial charge is 0.478 e. The zero-order valence-corrected chi connectivity index (χ0v) is 12.4. The molecule has 5 nitrogen and oxygen atoms in total. The number of carbonyl (C=O) groups is 3. The van der Waals surface area contributed by atoms with E-state index in [0.29, 0.717) is 12.0 Å². The van der Waals surface area contributed by atoms with Gasteiger partial charge in [0.2, 0.25) is 0 Å². The van der Waals surface area contributed by atoms with Gasteiger partial charge < -0.3 is 9.84 Å². The van der Waals surface area contributed by atoms with Gasteiger partial charge in [0.05, 0.1) is 7.11 Å². The monoisotopic (exact) mass is 308 g/mol. The van der Waals surface area contributed by atoms with Crippen LogP contribution in [0.25, 0.3) is 0 Å². The summed E-state index contributed by atoms with van der Waals surface area (Å²) in [5, 5.41) is 8.46. The Morgan fingerprint density at radius 3 is 2.43 bits per heavy atom. The van der Waals surface area contributed by atoms with Crippen LogP contribution >= 0.6 is 11.8 Å². The fourth-order valence-electron chi connectivity index (χ4n) is 1.47. The summed E-state index contributed by atoms with van der Waals surface area (Å²) < 4.78 is 4.55. The molecule has 0 aromatic heterocycles. The first-order valence-electron chi connectivity index (χ1n) is 6.28. The number of methoxy groups -OCH3 is 1. The SMILES string of the molecule is COC(=O)CCCSc1ccc(C(=O)/C=C/C(=O)O)cc1. The van der Waals surface area contributed by atoms with Crippen molar-refractivity contribution in [2.45, 2.75) is 17.7 Å². The van der Waals surface area contributed by atoms with Gasteiger partial charge >= 0.3 is 11.9 Å². The van der Waals surface area contributed by atoms with E-state index in [4.69, 9.17) is 5.11 Å². The van der Waals surface area contributed by atoms with Gasteiger partial charge in [0.25, 0.3) is 0 Å².